The van der Waals surface area contributed by atoms with Gasteiger partial charge < -0.3 is 5.32 Å². The number of benzene rings is 1. The second-order valence-corrected chi connectivity index (χ2v) is 9.64. The predicted molar refractivity (Wildman–Crippen MR) is 91.3 cm³/mol. The number of nitrogens with one attached hydrogen (secondary N) is 1. The van der Waals surface area contributed by atoms with Crippen molar-refractivity contribution in [2.75, 3.05) is 12.3 Å². The van der Waals surface area contributed by atoms with Crippen molar-refractivity contribution in [3.05, 3.63) is 33.8 Å². The molecule has 0 aliphatic carbocycles. The van der Waals surface area contributed by atoms with Crippen molar-refractivity contribution in [1.29, 1.82) is 0 Å². The first kappa shape index (κ1) is 19.3. The molecule has 1 aromatic carbocycles. The summed E-state index contributed by atoms with van der Waals surface area (Å²) in [6, 6.07) is 5.27. The quantitative estimate of drug-likeness (QED) is 0.841. The number of aryl methyl sites for hydroxylation is 1. The van der Waals surface area contributed by atoms with E-state index in [2.05, 4.69) is 5.32 Å². The predicted octanol–water partition coefficient (Wildman–Crippen LogP) is 3.26. The molecule has 4 nitrogen and oxygen atoms in total. The minimum Gasteiger partial charge on any atom is -0.355 e. The van der Waals surface area contributed by atoms with Crippen LogP contribution in [-0.2, 0) is 21.1 Å². The first-order chi connectivity index (χ1) is 10.0. The van der Waals surface area contributed by atoms with E-state index in [4.69, 9.17) is 23.2 Å². The minimum absolute atomic E-state index is 0.0693. The summed E-state index contributed by atoms with van der Waals surface area (Å²) in [7, 11) is -3.23. The molecule has 0 aromatic heterocycles. The zero-order valence-corrected chi connectivity index (χ0v) is 15.3. The van der Waals surface area contributed by atoms with E-state index in [9.17, 15) is 13.2 Å². The third kappa shape index (κ3) is 5.45. The molecule has 22 heavy (non-hydrogen) atoms. The van der Waals surface area contributed by atoms with Crippen molar-refractivity contribution in [1.82, 2.24) is 5.32 Å². The van der Waals surface area contributed by atoms with Crippen LogP contribution in [0, 0.1) is 0 Å². The topological polar surface area (TPSA) is 63.2 Å². The minimum atomic E-state index is -3.23. The van der Waals surface area contributed by atoms with Gasteiger partial charge in [-0.1, -0.05) is 35.3 Å². The van der Waals surface area contributed by atoms with Gasteiger partial charge in [-0.05, 0) is 38.8 Å². The Kier molecular flexibility index (Phi) is 6.71. The van der Waals surface area contributed by atoms with Gasteiger partial charge in [-0.3, -0.25) is 4.79 Å². The normalized spacial score (nSPS) is 12.2. The lowest BCUT2D eigenvalue weighted by Crippen LogP contribution is -2.36. The van der Waals surface area contributed by atoms with E-state index in [1.54, 1.807) is 32.9 Å². The highest BCUT2D eigenvalue weighted by atomic mass is 35.5. The molecule has 1 N–H and O–H groups in total. The zero-order chi connectivity index (χ0) is 17.0. The molecule has 0 aliphatic heterocycles. The number of hydrogen-bond acceptors (Lipinski definition) is 3. The van der Waals surface area contributed by atoms with Gasteiger partial charge in [0.25, 0.3) is 0 Å². The summed E-state index contributed by atoms with van der Waals surface area (Å²) < 4.78 is 23.0. The molecule has 0 atom stereocenters. The molecule has 1 aromatic rings. The fourth-order valence-corrected chi connectivity index (χ4v) is 3.11. The monoisotopic (exact) mass is 365 g/mol. The van der Waals surface area contributed by atoms with E-state index in [-0.39, 0.29) is 24.6 Å². The standard InChI is InChI=1S/C15H21Cl2NO3S/c1-15(2,3)22(20,21)10-9-18-13(19)8-7-11-5-4-6-12(16)14(11)17/h4-6H,7-10H2,1-3H3,(H,18,19). The highest BCUT2D eigenvalue weighted by Crippen LogP contribution is 2.26. The maximum absolute atomic E-state index is 11.9. The number of hydrogen-bond donors (Lipinski definition) is 1. The summed E-state index contributed by atoms with van der Waals surface area (Å²) in [6.45, 7) is 5.05. The molecule has 1 amide bonds. The molecule has 0 saturated carbocycles. The smallest absolute Gasteiger partial charge is 0.220 e. The maximum Gasteiger partial charge on any atom is 0.220 e. The van der Waals surface area contributed by atoms with Gasteiger partial charge in [0.1, 0.15) is 0 Å². The number of rotatable bonds is 6. The second-order valence-electron chi connectivity index (χ2n) is 5.99. The van der Waals surface area contributed by atoms with Crippen LogP contribution in [0.2, 0.25) is 10.0 Å². The molecule has 0 saturated heterocycles. The highest BCUT2D eigenvalue weighted by Gasteiger charge is 2.28. The molecule has 0 fully saturated rings. The van der Waals surface area contributed by atoms with Crippen LogP contribution >= 0.6 is 23.2 Å². The number of sulfone groups is 1. The Bertz CT molecular complexity index is 637. The third-order valence-corrected chi connectivity index (χ3v) is 6.74. The molecule has 124 valence electrons. The van der Waals surface area contributed by atoms with Gasteiger partial charge in [-0.25, -0.2) is 8.42 Å². The number of carbonyl (C=O) groups excluding carboxylic acids is 1. The Morgan fingerprint density at radius 3 is 2.45 bits per heavy atom. The largest absolute Gasteiger partial charge is 0.355 e. The second kappa shape index (κ2) is 7.66. The van der Waals surface area contributed by atoms with Crippen LogP contribution in [0.1, 0.15) is 32.8 Å². The van der Waals surface area contributed by atoms with E-state index < -0.39 is 14.6 Å². The molecule has 0 unspecified atom stereocenters. The van der Waals surface area contributed by atoms with E-state index in [1.807, 2.05) is 6.07 Å². The molecule has 0 radical (unpaired) electrons. The average molecular weight is 366 g/mol. The first-order valence-electron chi connectivity index (χ1n) is 6.96. The zero-order valence-electron chi connectivity index (χ0n) is 12.9. The van der Waals surface area contributed by atoms with Crippen molar-refractivity contribution in [2.24, 2.45) is 0 Å². The lowest BCUT2D eigenvalue weighted by atomic mass is 10.1. The summed E-state index contributed by atoms with van der Waals surface area (Å²) in [5.41, 5.74) is 0.798. The van der Waals surface area contributed by atoms with Crippen LogP contribution in [0.3, 0.4) is 0 Å². The third-order valence-electron chi connectivity index (χ3n) is 3.28. The van der Waals surface area contributed by atoms with Crippen molar-refractivity contribution < 1.29 is 13.2 Å². The molecule has 0 bridgehead atoms. The Hall–Kier alpha value is -0.780. The summed E-state index contributed by atoms with van der Waals surface area (Å²) in [5, 5.41) is 3.53. The van der Waals surface area contributed by atoms with E-state index >= 15 is 0 Å². The summed E-state index contributed by atoms with van der Waals surface area (Å²) in [5.74, 6) is -0.277. The molecule has 0 spiro atoms. The fraction of sp³-hybridized carbons (Fsp3) is 0.533. The van der Waals surface area contributed by atoms with Gasteiger partial charge in [0.05, 0.1) is 20.5 Å². The van der Waals surface area contributed by atoms with Crippen LogP contribution in [-0.4, -0.2) is 31.4 Å². The average Bonchev–Trinajstić information content (AvgIpc) is 2.39. The van der Waals surface area contributed by atoms with Crippen molar-refractivity contribution in [2.45, 2.75) is 38.4 Å². The molecule has 7 heteroatoms. The molecule has 1 rings (SSSR count). The highest BCUT2D eigenvalue weighted by molar-refractivity contribution is 7.92. The van der Waals surface area contributed by atoms with E-state index in [0.717, 1.165) is 5.56 Å². The first-order valence-corrected chi connectivity index (χ1v) is 9.37. The van der Waals surface area contributed by atoms with Crippen LogP contribution in [0.25, 0.3) is 0 Å². The SMILES string of the molecule is CC(C)(C)S(=O)(=O)CCNC(=O)CCc1cccc(Cl)c1Cl. The molecule has 0 heterocycles. The lowest BCUT2D eigenvalue weighted by Gasteiger charge is -2.19. The Morgan fingerprint density at radius 2 is 1.86 bits per heavy atom. The number of halogens is 2. The maximum atomic E-state index is 11.9. The summed E-state index contributed by atoms with van der Waals surface area (Å²) in [4.78, 5) is 11.8. The Morgan fingerprint density at radius 1 is 1.23 bits per heavy atom. The lowest BCUT2D eigenvalue weighted by molar-refractivity contribution is -0.120. The van der Waals surface area contributed by atoms with Gasteiger partial charge in [0.2, 0.25) is 5.91 Å². The molecular formula is C15H21Cl2NO3S. The van der Waals surface area contributed by atoms with Crippen molar-refractivity contribution >= 4 is 38.9 Å². The van der Waals surface area contributed by atoms with Crippen molar-refractivity contribution in [3.8, 4) is 0 Å². The Labute approximate surface area is 142 Å². The van der Waals surface area contributed by atoms with E-state index in [0.29, 0.717) is 16.5 Å². The number of carbonyl (C=O) groups is 1. The fourth-order valence-electron chi connectivity index (χ4n) is 1.71. The van der Waals surface area contributed by atoms with Crippen molar-refractivity contribution in [3.63, 3.8) is 0 Å². The van der Waals surface area contributed by atoms with Crippen LogP contribution in [0.4, 0.5) is 0 Å². The molecule has 0 aliphatic rings. The van der Waals surface area contributed by atoms with Gasteiger partial charge in [0, 0.05) is 13.0 Å². The van der Waals surface area contributed by atoms with Gasteiger partial charge >= 0.3 is 0 Å². The van der Waals surface area contributed by atoms with Gasteiger partial charge in [0.15, 0.2) is 9.84 Å². The van der Waals surface area contributed by atoms with Crippen LogP contribution < -0.4 is 5.32 Å². The van der Waals surface area contributed by atoms with Crippen LogP contribution in [0.15, 0.2) is 18.2 Å². The van der Waals surface area contributed by atoms with Crippen LogP contribution in [0.5, 0.6) is 0 Å². The van der Waals surface area contributed by atoms with Gasteiger partial charge in [-0.2, -0.15) is 0 Å². The van der Waals surface area contributed by atoms with E-state index in [1.165, 1.54) is 0 Å². The summed E-state index contributed by atoms with van der Waals surface area (Å²) >= 11 is 12.0. The molecular weight excluding hydrogens is 345 g/mol. The van der Waals surface area contributed by atoms with Gasteiger partial charge in [-0.15, -0.1) is 0 Å². The number of amides is 1. The Balaban J connectivity index is 2.44. The summed E-state index contributed by atoms with van der Waals surface area (Å²) in [6.07, 6.45) is 0.687.